The average molecular weight is 360 g/mol. The molecule has 1 aromatic heterocycles. The van der Waals surface area contributed by atoms with Gasteiger partial charge in [-0.3, -0.25) is 0 Å². The summed E-state index contributed by atoms with van der Waals surface area (Å²) in [5.74, 6) is 2.23. The summed E-state index contributed by atoms with van der Waals surface area (Å²) in [5.41, 5.74) is 2.95. The van der Waals surface area contributed by atoms with Crippen molar-refractivity contribution in [2.75, 3.05) is 7.11 Å². The number of nitrogens with one attached hydrogen (secondary N) is 2. The minimum Gasteiger partial charge on any atom is -0.493 e. The first-order chi connectivity index (χ1) is 12.1. The highest BCUT2D eigenvalue weighted by atomic mass is 35.5. The fourth-order valence-corrected chi connectivity index (χ4v) is 2.84. The Bertz CT molecular complexity index is 828. The topological polar surface area (TPSA) is 59.2 Å². The molecule has 132 valence electrons. The van der Waals surface area contributed by atoms with Gasteiger partial charge in [-0.15, -0.1) is 0 Å². The Morgan fingerprint density at radius 1 is 1.16 bits per heavy atom. The van der Waals surface area contributed by atoms with E-state index in [1.807, 2.05) is 44.2 Å². The molecule has 0 saturated heterocycles. The van der Waals surface area contributed by atoms with E-state index in [1.165, 1.54) is 0 Å². The van der Waals surface area contributed by atoms with Crippen molar-refractivity contribution in [1.82, 2.24) is 15.3 Å². The lowest BCUT2D eigenvalue weighted by molar-refractivity contribution is 0.230. The van der Waals surface area contributed by atoms with E-state index in [-0.39, 0.29) is 6.10 Å². The highest BCUT2D eigenvalue weighted by molar-refractivity contribution is 6.31. The van der Waals surface area contributed by atoms with Crippen LogP contribution in [0.4, 0.5) is 0 Å². The van der Waals surface area contributed by atoms with Crippen LogP contribution in [-0.2, 0) is 13.1 Å². The summed E-state index contributed by atoms with van der Waals surface area (Å²) in [6.07, 6.45) is 0.0574. The largest absolute Gasteiger partial charge is 0.493 e. The van der Waals surface area contributed by atoms with Crippen molar-refractivity contribution in [2.24, 2.45) is 0 Å². The van der Waals surface area contributed by atoms with Crippen LogP contribution in [0.15, 0.2) is 36.4 Å². The molecule has 0 spiro atoms. The number of hydrogen-bond acceptors (Lipinski definition) is 4. The number of benzene rings is 2. The molecule has 0 aliphatic rings. The van der Waals surface area contributed by atoms with Crippen LogP contribution in [0.3, 0.4) is 0 Å². The first-order valence-corrected chi connectivity index (χ1v) is 8.62. The monoisotopic (exact) mass is 359 g/mol. The van der Waals surface area contributed by atoms with Gasteiger partial charge < -0.3 is 19.8 Å². The molecule has 0 unspecified atom stereocenters. The van der Waals surface area contributed by atoms with Gasteiger partial charge in [0, 0.05) is 17.6 Å². The molecule has 25 heavy (non-hydrogen) atoms. The lowest BCUT2D eigenvalue weighted by atomic mass is 10.2. The number of H-pyrrole nitrogens is 1. The van der Waals surface area contributed by atoms with E-state index in [0.29, 0.717) is 29.6 Å². The summed E-state index contributed by atoms with van der Waals surface area (Å²) in [7, 11) is 1.63. The molecule has 0 aliphatic heterocycles. The van der Waals surface area contributed by atoms with Crippen molar-refractivity contribution in [3.05, 3.63) is 52.8 Å². The fraction of sp³-hybridized carbons (Fsp3) is 0.316. The van der Waals surface area contributed by atoms with Crippen molar-refractivity contribution in [3.63, 3.8) is 0 Å². The number of para-hydroxylation sites is 2. The third-order valence-electron chi connectivity index (χ3n) is 3.74. The average Bonchev–Trinajstić information content (AvgIpc) is 2.99. The maximum atomic E-state index is 6.39. The molecule has 0 saturated carbocycles. The van der Waals surface area contributed by atoms with Gasteiger partial charge in [0.25, 0.3) is 0 Å². The van der Waals surface area contributed by atoms with Crippen LogP contribution in [0, 0.1) is 0 Å². The molecule has 2 aromatic carbocycles. The molecule has 2 N–H and O–H groups in total. The van der Waals surface area contributed by atoms with E-state index < -0.39 is 0 Å². The van der Waals surface area contributed by atoms with Gasteiger partial charge in [0.1, 0.15) is 5.82 Å². The van der Waals surface area contributed by atoms with Crippen LogP contribution >= 0.6 is 11.6 Å². The van der Waals surface area contributed by atoms with Crippen molar-refractivity contribution in [2.45, 2.75) is 33.0 Å². The third-order valence-corrected chi connectivity index (χ3v) is 4.09. The standard InChI is InChI=1S/C19H22ClN3O2/c1-12(2)25-18-9-14(20)13(8-17(18)24-3)10-21-11-19-22-15-6-4-5-7-16(15)23-19/h4-9,12,21H,10-11H2,1-3H3,(H,22,23). The van der Waals surface area contributed by atoms with Crippen molar-refractivity contribution >= 4 is 22.6 Å². The zero-order chi connectivity index (χ0) is 17.8. The van der Waals surface area contributed by atoms with Gasteiger partial charge in [0.15, 0.2) is 11.5 Å². The number of nitrogens with zero attached hydrogens (tertiary/aromatic N) is 1. The van der Waals surface area contributed by atoms with E-state index in [0.717, 1.165) is 22.4 Å². The minimum atomic E-state index is 0.0574. The quantitative estimate of drug-likeness (QED) is 0.660. The fourth-order valence-electron chi connectivity index (χ4n) is 2.62. The summed E-state index contributed by atoms with van der Waals surface area (Å²) >= 11 is 6.39. The second-order valence-corrected chi connectivity index (χ2v) is 6.47. The van der Waals surface area contributed by atoms with Crippen molar-refractivity contribution in [1.29, 1.82) is 0 Å². The second-order valence-electron chi connectivity index (χ2n) is 6.07. The summed E-state index contributed by atoms with van der Waals surface area (Å²) < 4.78 is 11.2. The number of methoxy groups -OCH3 is 1. The normalized spacial score (nSPS) is 11.2. The molecule has 0 aliphatic carbocycles. The number of ether oxygens (including phenoxy) is 2. The number of fused-ring (bicyclic) bond motifs is 1. The Labute approximate surface area is 152 Å². The van der Waals surface area contributed by atoms with Crippen LogP contribution < -0.4 is 14.8 Å². The predicted molar refractivity (Wildman–Crippen MR) is 100 cm³/mol. The summed E-state index contributed by atoms with van der Waals surface area (Å²) in [6, 6.07) is 11.7. The van der Waals surface area contributed by atoms with E-state index in [2.05, 4.69) is 15.3 Å². The first kappa shape index (κ1) is 17.6. The van der Waals surface area contributed by atoms with E-state index >= 15 is 0 Å². The number of aromatic amines is 1. The van der Waals surface area contributed by atoms with Crippen LogP contribution in [0.5, 0.6) is 11.5 Å². The van der Waals surface area contributed by atoms with Crippen LogP contribution in [0.1, 0.15) is 25.2 Å². The van der Waals surface area contributed by atoms with Gasteiger partial charge in [-0.25, -0.2) is 4.98 Å². The van der Waals surface area contributed by atoms with E-state index in [9.17, 15) is 0 Å². The van der Waals surface area contributed by atoms with Crippen molar-refractivity contribution < 1.29 is 9.47 Å². The number of imidazole rings is 1. The Morgan fingerprint density at radius 3 is 2.68 bits per heavy atom. The van der Waals surface area contributed by atoms with Gasteiger partial charge in [-0.05, 0) is 37.6 Å². The summed E-state index contributed by atoms with van der Waals surface area (Å²) in [6.45, 7) is 5.16. The van der Waals surface area contributed by atoms with Crippen LogP contribution in [-0.4, -0.2) is 23.2 Å². The number of halogens is 1. The van der Waals surface area contributed by atoms with Gasteiger partial charge in [-0.2, -0.15) is 0 Å². The summed E-state index contributed by atoms with van der Waals surface area (Å²) in [5, 5.41) is 4.00. The zero-order valence-corrected chi connectivity index (χ0v) is 15.4. The second kappa shape index (κ2) is 7.76. The molecule has 0 amide bonds. The molecule has 6 heteroatoms. The highest BCUT2D eigenvalue weighted by Crippen LogP contribution is 2.34. The predicted octanol–water partition coefficient (Wildman–Crippen LogP) is 4.30. The molecular weight excluding hydrogens is 338 g/mol. The lowest BCUT2D eigenvalue weighted by Gasteiger charge is -2.16. The van der Waals surface area contributed by atoms with Crippen molar-refractivity contribution in [3.8, 4) is 11.5 Å². The van der Waals surface area contributed by atoms with Gasteiger partial charge in [0.05, 0.1) is 30.8 Å². The smallest absolute Gasteiger partial charge is 0.163 e. The minimum absolute atomic E-state index is 0.0574. The van der Waals surface area contributed by atoms with Crippen LogP contribution in [0.2, 0.25) is 5.02 Å². The molecule has 3 aromatic rings. The lowest BCUT2D eigenvalue weighted by Crippen LogP contribution is -2.14. The van der Waals surface area contributed by atoms with Crippen LogP contribution in [0.25, 0.3) is 11.0 Å². The van der Waals surface area contributed by atoms with Gasteiger partial charge in [0.2, 0.25) is 0 Å². The summed E-state index contributed by atoms with van der Waals surface area (Å²) in [4.78, 5) is 7.85. The molecule has 0 fully saturated rings. The molecule has 0 radical (unpaired) electrons. The SMILES string of the molecule is COc1cc(CNCc2nc3ccccc3[nH]2)c(Cl)cc1OC(C)C. The Kier molecular flexibility index (Phi) is 5.46. The Morgan fingerprint density at radius 2 is 1.96 bits per heavy atom. The molecule has 0 atom stereocenters. The maximum Gasteiger partial charge on any atom is 0.163 e. The third kappa shape index (κ3) is 4.24. The first-order valence-electron chi connectivity index (χ1n) is 8.24. The highest BCUT2D eigenvalue weighted by Gasteiger charge is 2.12. The molecule has 3 rings (SSSR count). The number of aromatic nitrogens is 2. The number of hydrogen-bond donors (Lipinski definition) is 2. The Hall–Kier alpha value is -2.24. The molecule has 1 heterocycles. The van der Waals surface area contributed by atoms with Gasteiger partial charge >= 0.3 is 0 Å². The Balaban J connectivity index is 1.68. The zero-order valence-electron chi connectivity index (χ0n) is 14.6. The van der Waals surface area contributed by atoms with E-state index in [1.54, 1.807) is 13.2 Å². The maximum absolute atomic E-state index is 6.39. The molecular formula is C19H22ClN3O2. The number of rotatable bonds is 7. The molecule has 5 nitrogen and oxygen atoms in total. The van der Waals surface area contributed by atoms with E-state index in [4.69, 9.17) is 21.1 Å². The van der Waals surface area contributed by atoms with Gasteiger partial charge in [-0.1, -0.05) is 23.7 Å². The molecule has 0 bridgehead atoms.